The first-order valence-corrected chi connectivity index (χ1v) is 7.57. The van der Waals surface area contributed by atoms with Gasteiger partial charge < -0.3 is 4.74 Å². The zero-order valence-electron chi connectivity index (χ0n) is 13.6. The van der Waals surface area contributed by atoms with Crippen molar-refractivity contribution in [1.29, 1.82) is 5.26 Å². The van der Waals surface area contributed by atoms with Crippen molar-refractivity contribution in [3.05, 3.63) is 71.4 Å². The molecule has 3 rings (SSSR count). The highest BCUT2D eigenvalue weighted by molar-refractivity contribution is 5.69. The maximum atomic E-state index is 13.0. The molecule has 0 aliphatic heterocycles. The second-order valence-electron chi connectivity index (χ2n) is 5.52. The number of aromatic nitrogens is 2. The van der Waals surface area contributed by atoms with E-state index < -0.39 is 11.7 Å². The SMILES string of the molecule is Cc1cc(-c2cccc(C(F)(F)F)c2)c(Oc2ccc(C#N)cc2)nn1. The van der Waals surface area contributed by atoms with Gasteiger partial charge in [0.15, 0.2) is 0 Å². The quantitative estimate of drug-likeness (QED) is 0.653. The lowest BCUT2D eigenvalue weighted by atomic mass is 10.0. The van der Waals surface area contributed by atoms with Crippen LogP contribution in [0.25, 0.3) is 11.1 Å². The van der Waals surface area contributed by atoms with Gasteiger partial charge in [0.25, 0.3) is 0 Å². The van der Waals surface area contributed by atoms with E-state index in [0.29, 0.717) is 28.1 Å². The molecule has 0 N–H and O–H groups in total. The normalized spacial score (nSPS) is 11.0. The number of nitrogens with zero attached hydrogens (tertiary/aromatic N) is 3. The Bertz CT molecular complexity index is 977. The van der Waals surface area contributed by atoms with E-state index in [2.05, 4.69) is 10.2 Å². The van der Waals surface area contributed by atoms with Crippen LogP contribution in [-0.2, 0) is 6.18 Å². The van der Waals surface area contributed by atoms with Gasteiger partial charge in [0.05, 0.1) is 22.9 Å². The molecule has 1 heterocycles. The third-order valence-corrected chi connectivity index (χ3v) is 3.58. The number of ether oxygens (including phenoxy) is 1. The number of benzene rings is 2. The van der Waals surface area contributed by atoms with Gasteiger partial charge in [-0.1, -0.05) is 12.1 Å². The molecule has 26 heavy (non-hydrogen) atoms. The second-order valence-corrected chi connectivity index (χ2v) is 5.52. The Balaban J connectivity index is 2.02. The van der Waals surface area contributed by atoms with Crippen LogP contribution in [0.15, 0.2) is 54.6 Å². The maximum absolute atomic E-state index is 13.0. The minimum atomic E-state index is -4.44. The van der Waals surface area contributed by atoms with Crippen molar-refractivity contribution in [1.82, 2.24) is 10.2 Å². The third kappa shape index (κ3) is 3.81. The van der Waals surface area contributed by atoms with Gasteiger partial charge in [0.1, 0.15) is 5.75 Å². The molecular weight excluding hydrogens is 343 g/mol. The van der Waals surface area contributed by atoms with Crippen LogP contribution in [-0.4, -0.2) is 10.2 Å². The van der Waals surface area contributed by atoms with E-state index >= 15 is 0 Å². The van der Waals surface area contributed by atoms with Crippen LogP contribution >= 0.6 is 0 Å². The van der Waals surface area contributed by atoms with Crippen LogP contribution < -0.4 is 4.74 Å². The Kier molecular flexibility index (Phi) is 4.59. The van der Waals surface area contributed by atoms with Crippen molar-refractivity contribution in [3.8, 4) is 28.8 Å². The van der Waals surface area contributed by atoms with Crippen LogP contribution in [0.2, 0.25) is 0 Å². The zero-order chi connectivity index (χ0) is 18.7. The molecule has 0 unspecified atom stereocenters. The van der Waals surface area contributed by atoms with Crippen LogP contribution in [0.1, 0.15) is 16.8 Å². The lowest BCUT2D eigenvalue weighted by Crippen LogP contribution is -2.05. The van der Waals surface area contributed by atoms with Crippen molar-refractivity contribution < 1.29 is 17.9 Å². The average molecular weight is 355 g/mol. The molecule has 1 aromatic heterocycles. The van der Waals surface area contributed by atoms with Gasteiger partial charge >= 0.3 is 6.18 Å². The van der Waals surface area contributed by atoms with E-state index in [9.17, 15) is 13.2 Å². The summed E-state index contributed by atoms with van der Waals surface area (Å²) in [5.74, 6) is 0.481. The summed E-state index contributed by atoms with van der Waals surface area (Å²) in [6, 6.07) is 14.8. The highest BCUT2D eigenvalue weighted by atomic mass is 19.4. The van der Waals surface area contributed by atoms with Crippen molar-refractivity contribution in [3.63, 3.8) is 0 Å². The molecule has 0 saturated carbocycles. The van der Waals surface area contributed by atoms with Gasteiger partial charge in [-0.25, -0.2) is 0 Å². The largest absolute Gasteiger partial charge is 0.437 e. The Labute approximate surface area is 147 Å². The van der Waals surface area contributed by atoms with Crippen LogP contribution in [0.3, 0.4) is 0 Å². The fourth-order valence-corrected chi connectivity index (χ4v) is 2.33. The van der Waals surface area contributed by atoms with E-state index in [1.165, 1.54) is 6.07 Å². The number of hydrogen-bond acceptors (Lipinski definition) is 4. The fraction of sp³-hybridized carbons (Fsp3) is 0.105. The first-order chi connectivity index (χ1) is 12.4. The van der Waals surface area contributed by atoms with E-state index in [1.54, 1.807) is 43.3 Å². The molecule has 0 radical (unpaired) electrons. The molecule has 3 aromatic rings. The molecule has 0 aliphatic carbocycles. The van der Waals surface area contributed by atoms with E-state index in [-0.39, 0.29) is 5.88 Å². The van der Waals surface area contributed by atoms with Gasteiger partial charge in [-0.05, 0) is 55.0 Å². The average Bonchev–Trinajstić information content (AvgIpc) is 2.63. The summed E-state index contributed by atoms with van der Waals surface area (Å²) in [4.78, 5) is 0. The zero-order valence-corrected chi connectivity index (χ0v) is 13.6. The Morgan fingerprint density at radius 2 is 1.73 bits per heavy atom. The van der Waals surface area contributed by atoms with Gasteiger partial charge in [-0.2, -0.15) is 23.5 Å². The summed E-state index contributed by atoms with van der Waals surface area (Å²) in [6.45, 7) is 1.69. The van der Waals surface area contributed by atoms with Crippen molar-refractivity contribution in [2.75, 3.05) is 0 Å². The van der Waals surface area contributed by atoms with Crippen molar-refractivity contribution in [2.45, 2.75) is 13.1 Å². The summed E-state index contributed by atoms with van der Waals surface area (Å²) >= 11 is 0. The molecule has 4 nitrogen and oxygen atoms in total. The second kappa shape index (κ2) is 6.84. The maximum Gasteiger partial charge on any atom is 0.416 e. The number of halogens is 3. The Hall–Kier alpha value is -3.40. The summed E-state index contributed by atoms with van der Waals surface area (Å²) in [5.41, 5.74) is 0.971. The highest BCUT2D eigenvalue weighted by Crippen LogP contribution is 2.36. The smallest absolute Gasteiger partial charge is 0.416 e. The fourth-order valence-electron chi connectivity index (χ4n) is 2.33. The molecule has 0 fully saturated rings. The Morgan fingerprint density at radius 3 is 2.38 bits per heavy atom. The lowest BCUT2D eigenvalue weighted by Gasteiger charge is -2.12. The van der Waals surface area contributed by atoms with E-state index in [1.807, 2.05) is 6.07 Å². The lowest BCUT2D eigenvalue weighted by molar-refractivity contribution is -0.137. The predicted molar refractivity (Wildman–Crippen MR) is 88.4 cm³/mol. The minimum absolute atomic E-state index is 0.0830. The molecule has 0 aliphatic rings. The third-order valence-electron chi connectivity index (χ3n) is 3.58. The molecule has 0 spiro atoms. The van der Waals surface area contributed by atoms with Crippen LogP contribution in [0.4, 0.5) is 13.2 Å². The first-order valence-electron chi connectivity index (χ1n) is 7.57. The van der Waals surface area contributed by atoms with E-state index in [4.69, 9.17) is 10.00 Å². The van der Waals surface area contributed by atoms with Gasteiger partial charge in [0.2, 0.25) is 5.88 Å². The van der Waals surface area contributed by atoms with Crippen molar-refractivity contribution in [2.24, 2.45) is 0 Å². The van der Waals surface area contributed by atoms with E-state index in [0.717, 1.165) is 12.1 Å². The van der Waals surface area contributed by atoms with Crippen molar-refractivity contribution >= 4 is 0 Å². The monoisotopic (exact) mass is 355 g/mol. The Morgan fingerprint density at radius 1 is 1.00 bits per heavy atom. The molecule has 0 amide bonds. The predicted octanol–water partition coefficient (Wildman–Crippen LogP) is 5.13. The summed E-state index contributed by atoms with van der Waals surface area (Å²) < 4.78 is 44.7. The minimum Gasteiger partial charge on any atom is -0.437 e. The molecular formula is C19H12F3N3O. The number of alkyl halides is 3. The summed E-state index contributed by atoms with van der Waals surface area (Å²) in [7, 11) is 0. The first kappa shape index (κ1) is 17.4. The molecule has 0 bridgehead atoms. The number of nitriles is 1. The number of hydrogen-bond donors (Lipinski definition) is 0. The van der Waals surface area contributed by atoms with Crippen LogP contribution in [0.5, 0.6) is 11.6 Å². The molecule has 0 atom stereocenters. The van der Waals surface area contributed by atoms with Crippen LogP contribution in [0, 0.1) is 18.3 Å². The molecule has 2 aromatic carbocycles. The van der Waals surface area contributed by atoms with Gasteiger partial charge in [0, 0.05) is 5.56 Å². The summed E-state index contributed by atoms with van der Waals surface area (Å²) in [5, 5.41) is 16.7. The molecule has 7 heteroatoms. The summed E-state index contributed by atoms with van der Waals surface area (Å²) in [6.07, 6.45) is -4.44. The van der Waals surface area contributed by atoms with Gasteiger partial charge in [-0.15, -0.1) is 5.10 Å². The highest BCUT2D eigenvalue weighted by Gasteiger charge is 2.30. The standard InChI is InChI=1S/C19H12F3N3O/c1-12-9-17(14-3-2-4-15(10-14)19(20,21)22)18(25-24-12)26-16-7-5-13(11-23)6-8-16/h2-10H,1H3. The molecule has 130 valence electrons. The van der Waals surface area contributed by atoms with Gasteiger partial charge in [-0.3, -0.25) is 0 Å². The number of aryl methyl sites for hydroxylation is 1. The molecule has 0 saturated heterocycles. The number of rotatable bonds is 3. The topological polar surface area (TPSA) is 58.8 Å².